The quantitative estimate of drug-likeness (QED) is 0.229. The van der Waals surface area contributed by atoms with Gasteiger partial charge in [-0.3, -0.25) is 19.2 Å². The third-order valence-electron chi connectivity index (χ3n) is 8.30. The van der Waals surface area contributed by atoms with Crippen LogP contribution < -0.4 is 0 Å². The van der Waals surface area contributed by atoms with Gasteiger partial charge in [0.05, 0.1) is 31.3 Å². The maximum atomic E-state index is 12.5. The van der Waals surface area contributed by atoms with Crippen molar-refractivity contribution < 1.29 is 48.4 Å². The molecule has 0 aromatic carbocycles. The van der Waals surface area contributed by atoms with Gasteiger partial charge in [-0.25, -0.2) is 4.79 Å². The highest BCUT2D eigenvalue weighted by molar-refractivity contribution is 5.93. The molecule has 5 atom stereocenters. The molecule has 1 heterocycles. The Balaban J connectivity index is 1.88. The number of hydrogen-bond acceptors (Lipinski definition) is 8. The van der Waals surface area contributed by atoms with Crippen molar-refractivity contribution in [3.05, 3.63) is 36.0 Å². The van der Waals surface area contributed by atoms with E-state index in [1.54, 1.807) is 12.2 Å². The summed E-state index contributed by atoms with van der Waals surface area (Å²) in [4.78, 5) is 58.6. The summed E-state index contributed by atoms with van der Waals surface area (Å²) in [7, 11) is 0. The summed E-state index contributed by atoms with van der Waals surface area (Å²) in [5, 5.41) is 17.8. The monoisotopic (exact) mass is 532 g/mol. The Bertz CT molecular complexity index is 1060. The molecule has 1 aliphatic heterocycles. The number of esters is 3. The zero-order chi connectivity index (χ0) is 28.1. The molecule has 2 aliphatic carbocycles. The van der Waals surface area contributed by atoms with E-state index in [1.165, 1.54) is 0 Å². The lowest BCUT2D eigenvalue weighted by atomic mass is 9.46. The van der Waals surface area contributed by atoms with E-state index in [0.717, 1.165) is 5.57 Å². The molecular formula is C28H36O10. The van der Waals surface area contributed by atoms with Crippen molar-refractivity contribution in [3.63, 3.8) is 0 Å². The van der Waals surface area contributed by atoms with E-state index in [9.17, 15) is 24.0 Å². The fourth-order valence-electron chi connectivity index (χ4n) is 6.30. The van der Waals surface area contributed by atoms with Crippen molar-refractivity contribution in [1.82, 2.24) is 0 Å². The number of ether oxygens (including phenoxy) is 3. The van der Waals surface area contributed by atoms with Gasteiger partial charge in [-0.15, -0.1) is 0 Å². The van der Waals surface area contributed by atoms with Gasteiger partial charge in [-0.05, 0) is 43.1 Å². The summed E-state index contributed by atoms with van der Waals surface area (Å²) in [6.07, 6.45) is 6.10. The predicted molar refractivity (Wildman–Crippen MR) is 134 cm³/mol. The maximum absolute atomic E-state index is 12.5. The smallest absolute Gasteiger partial charge is 0.338 e. The highest BCUT2D eigenvalue weighted by Crippen LogP contribution is 2.62. The molecule has 38 heavy (non-hydrogen) atoms. The van der Waals surface area contributed by atoms with E-state index in [-0.39, 0.29) is 62.1 Å². The van der Waals surface area contributed by atoms with E-state index in [4.69, 9.17) is 24.4 Å². The lowest BCUT2D eigenvalue weighted by molar-refractivity contribution is -0.192. The molecule has 0 amide bonds. The van der Waals surface area contributed by atoms with Crippen molar-refractivity contribution >= 4 is 29.8 Å². The first kappa shape index (κ1) is 29.1. The first-order valence-corrected chi connectivity index (χ1v) is 12.9. The van der Waals surface area contributed by atoms with Crippen LogP contribution in [0, 0.1) is 22.7 Å². The van der Waals surface area contributed by atoms with E-state index < -0.39 is 35.4 Å². The van der Waals surface area contributed by atoms with Gasteiger partial charge >= 0.3 is 29.8 Å². The molecule has 0 radical (unpaired) electrons. The highest BCUT2D eigenvalue weighted by atomic mass is 16.6. The van der Waals surface area contributed by atoms with Crippen molar-refractivity contribution in [2.45, 2.75) is 71.3 Å². The van der Waals surface area contributed by atoms with Crippen molar-refractivity contribution in [1.29, 1.82) is 0 Å². The average Bonchev–Trinajstić information content (AvgIpc) is 3.26. The number of allylic oxidation sites excluding steroid dienone is 2. The Morgan fingerprint density at radius 3 is 2.34 bits per heavy atom. The molecule has 2 saturated carbocycles. The lowest BCUT2D eigenvalue weighted by Crippen LogP contribution is -2.58. The maximum Gasteiger partial charge on any atom is 0.338 e. The SMILES string of the molecule is C=C1CCC2[C@@](C)(CCC(OC(=O)CCC(=O)O)[C@@]2(C)COC(=O)CCC(=O)O)C1C=CC1=CCOC1=O. The number of fused-ring (bicyclic) bond motifs is 1. The summed E-state index contributed by atoms with van der Waals surface area (Å²) >= 11 is 0. The van der Waals surface area contributed by atoms with E-state index in [0.29, 0.717) is 31.3 Å². The zero-order valence-electron chi connectivity index (χ0n) is 21.9. The van der Waals surface area contributed by atoms with Crippen LogP contribution in [0.4, 0.5) is 0 Å². The second-order valence-electron chi connectivity index (χ2n) is 10.8. The topological polar surface area (TPSA) is 154 Å². The van der Waals surface area contributed by atoms with E-state index in [1.807, 2.05) is 13.0 Å². The van der Waals surface area contributed by atoms with Crippen LogP contribution >= 0.6 is 0 Å². The normalized spacial score (nSPS) is 30.8. The fraction of sp³-hybridized carbons (Fsp3) is 0.607. The van der Waals surface area contributed by atoms with Crippen molar-refractivity contribution in [2.24, 2.45) is 22.7 Å². The molecule has 0 aromatic rings. The molecule has 0 aromatic heterocycles. The molecule has 0 saturated heterocycles. The number of aliphatic carboxylic acids is 2. The van der Waals surface area contributed by atoms with Crippen molar-refractivity contribution in [3.8, 4) is 0 Å². The molecule has 10 nitrogen and oxygen atoms in total. The molecule has 10 heteroatoms. The molecule has 0 bridgehead atoms. The van der Waals surface area contributed by atoms with Gasteiger partial charge in [0, 0.05) is 11.3 Å². The molecule has 0 spiro atoms. The second kappa shape index (κ2) is 12.0. The van der Waals surface area contributed by atoms with Crippen LogP contribution in [0.15, 0.2) is 36.0 Å². The van der Waals surface area contributed by atoms with Gasteiger partial charge in [-0.2, -0.15) is 0 Å². The minimum atomic E-state index is -1.11. The Morgan fingerprint density at radius 2 is 1.74 bits per heavy atom. The van der Waals surface area contributed by atoms with Gasteiger partial charge in [0.15, 0.2) is 0 Å². The first-order chi connectivity index (χ1) is 17.9. The summed E-state index contributed by atoms with van der Waals surface area (Å²) < 4.78 is 16.4. The molecule has 2 fully saturated rings. The van der Waals surface area contributed by atoms with Crippen LogP contribution in [0.3, 0.4) is 0 Å². The number of carbonyl (C=O) groups excluding carboxylic acids is 3. The first-order valence-electron chi connectivity index (χ1n) is 12.9. The Kier molecular flexibility index (Phi) is 9.17. The summed E-state index contributed by atoms with van der Waals surface area (Å²) in [5.74, 6) is -4.05. The Hall–Kier alpha value is -3.43. The standard InChI is InChI=1S/C28H36O10/c1-17-4-7-20-27(2,19(17)6-5-18-13-15-36-26(18)35)14-12-21(38-25(34)11-9-23(31)32)28(20,3)16-37-24(33)10-8-22(29)30/h5-6,13,19-21H,1,4,7-12,14-16H2,2-3H3,(H,29,30)(H,31,32)/t19?,20?,21?,27-,28-/m0/s1. The highest BCUT2D eigenvalue weighted by Gasteiger charge is 2.59. The van der Waals surface area contributed by atoms with Gasteiger partial charge in [0.2, 0.25) is 0 Å². The predicted octanol–water partition coefficient (Wildman–Crippen LogP) is 3.60. The lowest BCUT2D eigenvalue weighted by Gasteiger charge is -2.59. The largest absolute Gasteiger partial charge is 0.481 e. The van der Waals surface area contributed by atoms with Gasteiger partial charge in [0.25, 0.3) is 0 Å². The molecule has 3 aliphatic rings. The average molecular weight is 533 g/mol. The van der Waals surface area contributed by atoms with Crippen LogP contribution in [0.25, 0.3) is 0 Å². The number of hydrogen-bond donors (Lipinski definition) is 2. The van der Waals surface area contributed by atoms with Gasteiger partial charge in [0.1, 0.15) is 19.3 Å². The summed E-state index contributed by atoms with van der Waals surface area (Å²) in [6, 6.07) is 0. The van der Waals surface area contributed by atoms with E-state index in [2.05, 4.69) is 13.5 Å². The molecule has 2 N–H and O–H groups in total. The van der Waals surface area contributed by atoms with Crippen LogP contribution in [0.5, 0.6) is 0 Å². The van der Waals surface area contributed by atoms with Gasteiger partial charge < -0.3 is 24.4 Å². The Morgan fingerprint density at radius 1 is 1.08 bits per heavy atom. The summed E-state index contributed by atoms with van der Waals surface area (Å²) in [6.45, 7) is 8.49. The third-order valence-corrected chi connectivity index (χ3v) is 8.30. The Labute approximate surface area is 221 Å². The molecule has 208 valence electrons. The van der Waals surface area contributed by atoms with E-state index >= 15 is 0 Å². The van der Waals surface area contributed by atoms with Crippen LogP contribution in [-0.4, -0.2) is 59.4 Å². The van der Waals surface area contributed by atoms with Crippen molar-refractivity contribution in [2.75, 3.05) is 13.2 Å². The number of rotatable bonds is 11. The van der Waals surface area contributed by atoms with Crippen LogP contribution in [0.2, 0.25) is 0 Å². The fourth-order valence-corrected chi connectivity index (χ4v) is 6.30. The third kappa shape index (κ3) is 6.52. The molecule has 3 unspecified atom stereocenters. The van der Waals surface area contributed by atoms with Crippen LogP contribution in [-0.2, 0) is 38.2 Å². The number of carbonyl (C=O) groups is 5. The molecular weight excluding hydrogens is 496 g/mol. The summed E-state index contributed by atoms with van der Waals surface area (Å²) in [5.41, 5.74) is 0.328. The number of cyclic esters (lactones) is 1. The minimum absolute atomic E-state index is 0.0804. The van der Waals surface area contributed by atoms with Crippen LogP contribution in [0.1, 0.15) is 65.2 Å². The molecule has 3 rings (SSSR count). The zero-order valence-corrected chi connectivity index (χ0v) is 21.9. The van der Waals surface area contributed by atoms with Gasteiger partial charge in [-0.1, -0.05) is 38.2 Å². The number of carboxylic acids is 2. The minimum Gasteiger partial charge on any atom is -0.481 e. The second-order valence-corrected chi connectivity index (χ2v) is 10.8. The number of carboxylic acid groups (broad SMARTS) is 2.